The third-order valence-corrected chi connectivity index (χ3v) is 4.16. The Balaban J connectivity index is 1.73. The Kier molecular flexibility index (Phi) is 5.02. The molecule has 26 heavy (non-hydrogen) atoms. The molecule has 2 N–H and O–H groups in total. The second-order valence-corrected chi connectivity index (χ2v) is 6.28. The zero-order valence-electron chi connectivity index (χ0n) is 15.0. The molecule has 0 atom stereocenters. The Hall–Kier alpha value is -3.15. The Morgan fingerprint density at radius 2 is 1.81 bits per heavy atom. The number of hydrogen-bond acceptors (Lipinski definition) is 2. The first-order chi connectivity index (χ1) is 12.4. The van der Waals surface area contributed by atoms with Crippen molar-refractivity contribution < 1.29 is 9.18 Å². The lowest BCUT2D eigenvalue weighted by Crippen LogP contribution is -2.20. The number of rotatable bonds is 4. The number of benzene rings is 2. The molecule has 3 rings (SSSR count). The molecule has 0 aliphatic rings. The SMILES string of the molecule is Cc1ccc(Cn2nc(C)c(NC(=O)Nc3cccc(F)c3)c2C)cc1. The van der Waals surface area contributed by atoms with Crippen LogP contribution in [0.1, 0.15) is 22.5 Å². The maximum absolute atomic E-state index is 13.2. The fourth-order valence-corrected chi connectivity index (χ4v) is 2.74. The predicted octanol–water partition coefficient (Wildman–Crippen LogP) is 4.64. The summed E-state index contributed by atoms with van der Waals surface area (Å²) in [5.74, 6) is -0.402. The van der Waals surface area contributed by atoms with E-state index < -0.39 is 11.8 Å². The minimum atomic E-state index is -0.434. The first-order valence-electron chi connectivity index (χ1n) is 8.35. The number of urea groups is 1. The first kappa shape index (κ1) is 17.7. The summed E-state index contributed by atoms with van der Waals surface area (Å²) < 4.78 is 15.1. The molecule has 0 aliphatic carbocycles. The predicted molar refractivity (Wildman–Crippen MR) is 101 cm³/mol. The van der Waals surface area contributed by atoms with Crippen molar-refractivity contribution in [1.29, 1.82) is 0 Å². The van der Waals surface area contributed by atoms with Gasteiger partial charge in [0.1, 0.15) is 5.82 Å². The maximum Gasteiger partial charge on any atom is 0.323 e. The number of aromatic nitrogens is 2. The van der Waals surface area contributed by atoms with Crippen molar-refractivity contribution in [2.24, 2.45) is 0 Å². The Morgan fingerprint density at radius 1 is 1.08 bits per heavy atom. The molecule has 1 heterocycles. The van der Waals surface area contributed by atoms with E-state index in [4.69, 9.17) is 0 Å². The quantitative estimate of drug-likeness (QED) is 0.719. The smallest absolute Gasteiger partial charge is 0.308 e. The van der Waals surface area contributed by atoms with Crippen LogP contribution in [0.4, 0.5) is 20.6 Å². The van der Waals surface area contributed by atoms with Gasteiger partial charge in [0.25, 0.3) is 0 Å². The molecule has 5 nitrogen and oxygen atoms in total. The van der Waals surface area contributed by atoms with Crippen molar-refractivity contribution in [1.82, 2.24) is 9.78 Å². The Morgan fingerprint density at radius 3 is 2.50 bits per heavy atom. The van der Waals surface area contributed by atoms with Gasteiger partial charge >= 0.3 is 6.03 Å². The summed E-state index contributed by atoms with van der Waals surface area (Å²) in [6.07, 6.45) is 0. The van der Waals surface area contributed by atoms with Gasteiger partial charge in [-0.05, 0) is 44.5 Å². The van der Waals surface area contributed by atoms with Gasteiger partial charge in [0.05, 0.1) is 23.6 Å². The number of amides is 2. The zero-order chi connectivity index (χ0) is 18.7. The zero-order valence-corrected chi connectivity index (χ0v) is 15.0. The molecule has 0 fully saturated rings. The van der Waals surface area contributed by atoms with E-state index in [0.717, 1.165) is 17.0 Å². The fourth-order valence-electron chi connectivity index (χ4n) is 2.74. The third-order valence-electron chi connectivity index (χ3n) is 4.16. The number of aryl methyl sites for hydroxylation is 2. The van der Waals surface area contributed by atoms with Crippen LogP contribution >= 0.6 is 0 Å². The third kappa shape index (κ3) is 4.08. The number of carbonyl (C=O) groups excluding carboxylic acids is 1. The van der Waals surface area contributed by atoms with Gasteiger partial charge in [-0.3, -0.25) is 4.68 Å². The number of nitrogens with one attached hydrogen (secondary N) is 2. The molecule has 2 aromatic carbocycles. The van der Waals surface area contributed by atoms with Crippen LogP contribution < -0.4 is 10.6 Å². The van der Waals surface area contributed by atoms with Crippen LogP contribution in [0.5, 0.6) is 0 Å². The van der Waals surface area contributed by atoms with Crippen molar-refractivity contribution >= 4 is 17.4 Å². The average molecular weight is 352 g/mol. The lowest BCUT2D eigenvalue weighted by Gasteiger charge is -2.09. The summed E-state index contributed by atoms with van der Waals surface area (Å²) in [6, 6.07) is 13.6. The second-order valence-electron chi connectivity index (χ2n) is 6.28. The van der Waals surface area contributed by atoms with Crippen molar-refractivity contribution in [2.45, 2.75) is 27.3 Å². The number of nitrogens with zero attached hydrogens (tertiary/aromatic N) is 2. The Labute approximate surface area is 151 Å². The lowest BCUT2D eigenvalue weighted by atomic mass is 10.1. The molecule has 0 radical (unpaired) electrons. The molecular formula is C20H21FN4O. The molecular weight excluding hydrogens is 331 g/mol. The minimum Gasteiger partial charge on any atom is -0.308 e. The van der Waals surface area contributed by atoms with Gasteiger partial charge in [0.15, 0.2) is 0 Å². The van der Waals surface area contributed by atoms with Gasteiger partial charge < -0.3 is 10.6 Å². The molecule has 1 aromatic heterocycles. The van der Waals surface area contributed by atoms with E-state index in [-0.39, 0.29) is 0 Å². The van der Waals surface area contributed by atoms with Gasteiger partial charge in [-0.1, -0.05) is 35.9 Å². The molecule has 0 unspecified atom stereocenters. The topological polar surface area (TPSA) is 59.0 Å². The van der Waals surface area contributed by atoms with Gasteiger partial charge in [-0.15, -0.1) is 0 Å². The van der Waals surface area contributed by atoms with E-state index in [9.17, 15) is 9.18 Å². The van der Waals surface area contributed by atoms with Crippen LogP contribution in [-0.2, 0) is 6.54 Å². The van der Waals surface area contributed by atoms with Crippen molar-refractivity contribution in [3.05, 3.63) is 76.9 Å². The van der Waals surface area contributed by atoms with Gasteiger partial charge in [0.2, 0.25) is 0 Å². The molecule has 3 aromatic rings. The first-order valence-corrected chi connectivity index (χ1v) is 8.35. The molecule has 0 saturated carbocycles. The molecule has 0 bridgehead atoms. The van der Waals surface area contributed by atoms with Crippen LogP contribution in [0.3, 0.4) is 0 Å². The summed E-state index contributed by atoms with van der Waals surface area (Å²) >= 11 is 0. The largest absolute Gasteiger partial charge is 0.323 e. The number of carbonyl (C=O) groups is 1. The van der Waals surface area contributed by atoms with Crippen LogP contribution in [0.2, 0.25) is 0 Å². The highest BCUT2D eigenvalue weighted by Gasteiger charge is 2.14. The van der Waals surface area contributed by atoms with Gasteiger partial charge in [0, 0.05) is 5.69 Å². The number of hydrogen-bond donors (Lipinski definition) is 2. The molecule has 0 saturated heterocycles. The molecule has 6 heteroatoms. The summed E-state index contributed by atoms with van der Waals surface area (Å²) in [7, 11) is 0. The standard InChI is InChI=1S/C20H21FN4O/c1-13-7-9-16(10-8-13)12-25-15(3)19(14(2)24-25)23-20(26)22-18-6-4-5-17(21)11-18/h4-11H,12H2,1-3H3,(H2,22,23,26). The van der Waals surface area contributed by atoms with Gasteiger partial charge in [-0.2, -0.15) is 5.10 Å². The monoisotopic (exact) mass is 352 g/mol. The van der Waals surface area contributed by atoms with E-state index in [1.165, 1.54) is 17.7 Å². The highest BCUT2D eigenvalue weighted by molar-refractivity contribution is 6.00. The van der Waals surface area contributed by atoms with Crippen LogP contribution in [-0.4, -0.2) is 15.8 Å². The molecule has 2 amide bonds. The van der Waals surface area contributed by atoms with Gasteiger partial charge in [-0.25, -0.2) is 9.18 Å². The minimum absolute atomic E-state index is 0.393. The van der Waals surface area contributed by atoms with Crippen LogP contribution in [0.25, 0.3) is 0 Å². The van der Waals surface area contributed by atoms with E-state index in [1.807, 2.05) is 25.5 Å². The summed E-state index contributed by atoms with van der Waals surface area (Å²) in [5, 5.41) is 9.95. The summed E-state index contributed by atoms with van der Waals surface area (Å²) in [5.41, 5.74) is 4.98. The number of halogens is 1. The fraction of sp³-hybridized carbons (Fsp3) is 0.200. The van der Waals surface area contributed by atoms with Crippen LogP contribution in [0.15, 0.2) is 48.5 Å². The normalized spacial score (nSPS) is 10.6. The molecule has 0 spiro atoms. The van der Waals surface area contributed by atoms with E-state index in [1.54, 1.807) is 12.1 Å². The lowest BCUT2D eigenvalue weighted by molar-refractivity contribution is 0.262. The molecule has 134 valence electrons. The van der Waals surface area contributed by atoms with E-state index in [2.05, 4.69) is 40.0 Å². The highest BCUT2D eigenvalue weighted by Crippen LogP contribution is 2.21. The van der Waals surface area contributed by atoms with Crippen molar-refractivity contribution in [3.63, 3.8) is 0 Å². The van der Waals surface area contributed by atoms with Crippen LogP contribution in [0, 0.1) is 26.6 Å². The summed E-state index contributed by atoms with van der Waals surface area (Å²) in [4.78, 5) is 12.2. The Bertz CT molecular complexity index is 931. The highest BCUT2D eigenvalue weighted by atomic mass is 19.1. The summed E-state index contributed by atoms with van der Waals surface area (Å²) in [6.45, 7) is 6.43. The van der Waals surface area contributed by atoms with E-state index in [0.29, 0.717) is 17.9 Å². The molecule has 0 aliphatic heterocycles. The second kappa shape index (κ2) is 7.39. The van der Waals surface area contributed by atoms with Crippen molar-refractivity contribution in [2.75, 3.05) is 10.6 Å². The average Bonchev–Trinajstić information content (AvgIpc) is 2.84. The number of anilines is 2. The van der Waals surface area contributed by atoms with Crippen molar-refractivity contribution in [3.8, 4) is 0 Å². The maximum atomic E-state index is 13.2. The van der Waals surface area contributed by atoms with E-state index >= 15 is 0 Å².